The van der Waals surface area contributed by atoms with Crippen LogP contribution in [0.4, 0.5) is 0 Å². The van der Waals surface area contributed by atoms with Gasteiger partial charge in [-0.2, -0.15) is 0 Å². The Morgan fingerprint density at radius 3 is 3.05 bits per heavy atom. The predicted molar refractivity (Wildman–Crippen MR) is 74.7 cm³/mol. The van der Waals surface area contributed by atoms with Crippen molar-refractivity contribution in [3.63, 3.8) is 0 Å². The highest BCUT2D eigenvalue weighted by atomic mass is 16.5. The number of nitrogens with one attached hydrogen (secondary N) is 1. The summed E-state index contributed by atoms with van der Waals surface area (Å²) < 4.78 is 5.70. The number of carbonyl (C=O) groups is 1. The lowest BCUT2D eigenvalue weighted by molar-refractivity contribution is 0.0997. The van der Waals surface area contributed by atoms with Crippen LogP contribution in [0.25, 0.3) is 0 Å². The number of hydrogen-bond donors (Lipinski definition) is 2. The van der Waals surface area contributed by atoms with Crippen LogP contribution < -0.4 is 15.8 Å². The third kappa shape index (κ3) is 2.48. The summed E-state index contributed by atoms with van der Waals surface area (Å²) in [4.78, 5) is 15.4. The van der Waals surface area contributed by atoms with Crippen molar-refractivity contribution in [2.45, 2.75) is 13.0 Å². The number of nitrogens with two attached hydrogens (primary N) is 1. The number of benzene rings is 1. The molecule has 1 aromatic carbocycles. The SMILES string of the molecule is NC(=O)c1cccnc1Oc1ccc2c(c1)CCNC2. The van der Waals surface area contributed by atoms with Crippen LogP contribution in [0.2, 0.25) is 0 Å². The van der Waals surface area contributed by atoms with E-state index in [1.807, 2.05) is 18.2 Å². The Kier molecular flexibility index (Phi) is 3.35. The second-order valence-electron chi connectivity index (χ2n) is 4.68. The highest BCUT2D eigenvalue weighted by Crippen LogP contribution is 2.26. The molecule has 0 radical (unpaired) electrons. The van der Waals surface area contributed by atoms with E-state index in [-0.39, 0.29) is 11.4 Å². The molecule has 2 heterocycles. The number of hydrogen-bond acceptors (Lipinski definition) is 4. The van der Waals surface area contributed by atoms with Gasteiger partial charge in [0.15, 0.2) is 0 Å². The molecule has 102 valence electrons. The van der Waals surface area contributed by atoms with Crippen LogP contribution >= 0.6 is 0 Å². The summed E-state index contributed by atoms with van der Waals surface area (Å²) in [5.74, 6) is 0.371. The number of nitrogens with zero attached hydrogens (tertiary/aromatic N) is 1. The number of aromatic nitrogens is 1. The maximum absolute atomic E-state index is 11.3. The van der Waals surface area contributed by atoms with Crippen molar-refractivity contribution in [3.8, 4) is 11.6 Å². The first-order valence-corrected chi connectivity index (χ1v) is 6.49. The van der Waals surface area contributed by atoms with E-state index < -0.39 is 5.91 Å². The van der Waals surface area contributed by atoms with E-state index in [2.05, 4.69) is 10.3 Å². The Labute approximate surface area is 116 Å². The van der Waals surface area contributed by atoms with Gasteiger partial charge in [-0.05, 0) is 48.4 Å². The molecule has 1 aromatic heterocycles. The Morgan fingerprint density at radius 1 is 1.30 bits per heavy atom. The first kappa shape index (κ1) is 12.6. The highest BCUT2D eigenvalue weighted by Gasteiger charge is 2.13. The fraction of sp³-hybridized carbons (Fsp3) is 0.200. The number of ether oxygens (including phenoxy) is 1. The van der Waals surface area contributed by atoms with Crippen molar-refractivity contribution in [1.82, 2.24) is 10.3 Å². The second kappa shape index (κ2) is 5.30. The number of amides is 1. The van der Waals surface area contributed by atoms with Crippen LogP contribution in [0.1, 0.15) is 21.5 Å². The maximum Gasteiger partial charge on any atom is 0.254 e. The van der Waals surface area contributed by atoms with Gasteiger partial charge >= 0.3 is 0 Å². The molecule has 0 fully saturated rings. The summed E-state index contributed by atoms with van der Waals surface area (Å²) in [5.41, 5.74) is 8.14. The van der Waals surface area contributed by atoms with Crippen LogP contribution in [-0.2, 0) is 13.0 Å². The molecule has 0 bridgehead atoms. The maximum atomic E-state index is 11.3. The number of carbonyl (C=O) groups excluding carboxylic acids is 1. The third-order valence-electron chi connectivity index (χ3n) is 3.32. The Balaban J connectivity index is 1.90. The van der Waals surface area contributed by atoms with Crippen molar-refractivity contribution in [1.29, 1.82) is 0 Å². The van der Waals surface area contributed by atoms with Crippen molar-refractivity contribution < 1.29 is 9.53 Å². The van der Waals surface area contributed by atoms with Gasteiger partial charge in [-0.3, -0.25) is 4.79 Å². The van der Waals surface area contributed by atoms with Crippen LogP contribution in [0.15, 0.2) is 36.5 Å². The van der Waals surface area contributed by atoms with Crippen LogP contribution in [-0.4, -0.2) is 17.4 Å². The molecule has 3 rings (SSSR count). The van der Waals surface area contributed by atoms with Gasteiger partial charge in [0, 0.05) is 12.7 Å². The quantitative estimate of drug-likeness (QED) is 0.887. The molecule has 2 aromatic rings. The molecule has 5 nitrogen and oxygen atoms in total. The minimum absolute atomic E-state index is 0.244. The van der Waals surface area contributed by atoms with Gasteiger partial charge in [-0.1, -0.05) is 6.07 Å². The van der Waals surface area contributed by atoms with E-state index in [1.54, 1.807) is 18.3 Å². The fourth-order valence-electron chi connectivity index (χ4n) is 2.29. The van der Waals surface area contributed by atoms with Gasteiger partial charge in [0.1, 0.15) is 11.3 Å². The zero-order valence-electron chi connectivity index (χ0n) is 10.9. The molecule has 1 aliphatic rings. The molecule has 5 heteroatoms. The van der Waals surface area contributed by atoms with Gasteiger partial charge in [0.2, 0.25) is 5.88 Å². The molecule has 20 heavy (non-hydrogen) atoms. The van der Waals surface area contributed by atoms with Gasteiger partial charge in [-0.15, -0.1) is 0 Å². The van der Waals surface area contributed by atoms with Crippen LogP contribution in [0, 0.1) is 0 Å². The Morgan fingerprint density at radius 2 is 2.20 bits per heavy atom. The fourth-order valence-corrected chi connectivity index (χ4v) is 2.29. The first-order chi connectivity index (χ1) is 9.74. The monoisotopic (exact) mass is 269 g/mol. The normalized spacial score (nSPS) is 13.6. The molecule has 0 unspecified atom stereocenters. The summed E-state index contributed by atoms with van der Waals surface area (Å²) >= 11 is 0. The lowest BCUT2D eigenvalue weighted by Gasteiger charge is -2.18. The molecule has 0 spiro atoms. The third-order valence-corrected chi connectivity index (χ3v) is 3.32. The number of pyridine rings is 1. The average molecular weight is 269 g/mol. The van der Waals surface area contributed by atoms with Gasteiger partial charge in [-0.25, -0.2) is 4.98 Å². The molecule has 1 amide bonds. The Hall–Kier alpha value is -2.40. The molecule has 1 aliphatic heterocycles. The van der Waals surface area contributed by atoms with Crippen LogP contribution in [0.5, 0.6) is 11.6 Å². The second-order valence-corrected chi connectivity index (χ2v) is 4.68. The minimum atomic E-state index is -0.546. The summed E-state index contributed by atoms with van der Waals surface area (Å²) in [7, 11) is 0. The molecular formula is C15H15N3O2. The van der Waals surface area contributed by atoms with E-state index in [1.165, 1.54) is 11.1 Å². The standard InChI is InChI=1S/C15H15N3O2/c16-14(19)13-2-1-6-18-15(13)20-12-4-3-11-9-17-7-5-10(11)8-12/h1-4,6,8,17H,5,7,9H2,(H2,16,19). The van der Waals surface area contributed by atoms with Gasteiger partial charge < -0.3 is 15.8 Å². The van der Waals surface area contributed by atoms with Crippen molar-refractivity contribution in [3.05, 3.63) is 53.2 Å². The smallest absolute Gasteiger partial charge is 0.254 e. The van der Waals surface area contributed by atoms with E-state index in [9.17, 15) is 4.79 Å². The number of rotatable bonds is 3. The topological polar surface area (TPSA) is 77.2 Å². The summed E-state index contributed by atoms with van der Waals surface area (Å²) in [6.07, 6.45) is 2.54. The zero-order chi connectivity index (χ0) is 13.9. The van der Waals surface area contributed by atoms with Gasteiger partial charge in [0.25, 0.3) is 5.91 Å². The number of fused-ring (bicyclic) bond motifs is 1. The van der Waals surface area contributed by atoms with Gasteiger partial charge in [0.05, 0.1) is 0 Å². The van der Waals surface area contributed by atoms with E-state index in [0.717, 1.165) is 19.5 Å². The van der Waals surface area contributed by atoms with Crippen LogP contribution in [0.3, 0.4) is 0 Å². The lowest BCUT2D eigenvalue weighted by atomic mass is 10.0. The molecule has 3 N–H and O–H groups in total. The van der Waals surface area contributed by atoms with Crippen molar-refractivity contribution >= 4 is 5.91 Å². The predicted octanol–water partition coefficient (Wildman–Crippen LogP) is 1.62. The lowest BCUT2D eigenvalue weighted by Crippen LogP contribution is -2.23. The van der Waals surface area contributed by atoms with E-state index >= 15 is 0 Å². The van der Waals surface area contributed by atoms with Crippen molar-refractivity contribution in [2.24, 2.45) is 5.73 Å². The number of primary amides is 1. The zero-order valence-corrected chi connectivity index (χ0v) is 10.9. The highest BCUT2D eigenvalue weighted by molar-refractivity contribution is 5.95. The van der Waals surface area contributed by atoms with E-state index in [0.29, 0.717) is 5.75 Å². The molecule has 0 saturated heterocycles. The van der Waals surface area contributed by atoms with E-state index in [4.69, 9.17) is 10.5 Å². The molecule has 0 atom stereocenters. The molecule has 0 saturated carbocycles. The minimum Gasteiger partial charge on any atom is -0.438 e. The summed E-state index contributed by atoms with van der Waals surface area (Å²) in [6, 6.07) is 9.17. The first-order valence-electron chi connectivity index (χ1n) is 6.49. The average Bonchev–Trinajstić information content (AvgIpc) is 2.47. The summed E-state index contributed by atoms with van der Waals surface area (Å²) in [6.45, 7) is 1.85. The van der Waals surface area contributed by atoms with Crippen molar-refractivity contribution in [2.75, 3.05) is 6.54 Å². The molecular weight excluding hydrogens is 254 g/mol. The molecule has 0 aliphatic carbocycles. The Bertz CT molecular complexity index is 655. The summed E-state index contributed by atoms with van der Waals surface area (Å²) in [5, 5.41) is 3.32. The largest absolute Gasteiger partial charge is 0.438 e.